The Morgan fingerprint density at radius 2 is 2.21 bits per heavy atom. The number of anilines is 2. The van der Waals surface area contributed by atoms with Gasteiger partial charge in [0.1, 0.15) is 0 Å². The largest absolute Gasteiger partial charge is 0.399 e. The lowest BCUT2D eigenvalue weighted by Crippen LogP contribution is -2.35. The van der Waals surface area contributed by atoms with E-state index in [9.17, 15) is 4.79 Å². The first-order valence-corrected chi connectivity index (χ1v) is 6.25. The summed E-state index contributed by atoms with van der Waals surface area (Å²) >= 11 is 0. The molecule has 0 aliphatic rings. The number of nitrogen functional groups attached to an aromatic ring is 1. The summed E-state index contributed by atoms with van der Waals surface area (Å²) in [6.07, 6.45) is 1.74. The van der Waals surface area contributed by atoms with Gasteiger partial charge < -0.3 is 16.0 Å². The van der Waals surface area contributed by atoms with E-state index in [2.05, 4.69) is 10.3 Å². The normalized spacial score (nSPS) is 10.4. The summed E-state index contributed by atoms with van der Waals surface area (Å²) in [5.41, 5.74) is 8.29. The topological polar surface area (TPSA) is 71.2 Å². The van der Waals surface area contributed by atoms with E-state index in [4.69, 9.17) is 5.73 Å². The molecule has 0 unspecified atom stereocenters. The van der Waals surface area contributed by atoms with Gasteiger partial charge in [-0.3, -0.25) is 9.78 Å². The average molecular weight is 258 g/mol. The number of aromatic nitrogens is 1. The fourth-order valence-electron chi connectivity index (χ4n) is 2.05. The third kappa shape index (κ3) is 2.76. The van der Waals surface area contributed by atoms with Crippen LogP contribution in [0.15, 0.2) is 30.5 Å². The van der Waals surface area contributed by atoms with Crippen LogP contribution in [0.1, 0.15) is 6.92 Å². The molecule has 100 valence electrons. The van der Waals surface area contributed by atoms with Crippen LogP contribution in [-0.2, 0) is 4.79 Å². The van der Waals surface area contributed by atoms with Crippen molar-refractivity contribution in [3.63, 3.8) is 0 Å². The van der Waals surface area contributed by atoms with E-state index in [1.807, 2.05) is 36.1 Å². The quantitative estimate of drug-likeness (QED) is 0.813. The molecule has 19 heavy (non-hydrogen) atoms. The summed E-state index contributed by atoms with van der Waals surface area (Å²) in [6.45, 7) is 3.10. The minimum atomic E-state index is -0.0118. The van der Waals surface area contributed by atoms with Crippen LogP contribution in [0, 0.1) is 0 Å². The monoisotopic (exact) mass is 258 g/mol. The zero-order valence-corrected chi connectivity index (χ0v) is 11.2. The van der Waals surface area contributed by atoms with Crippen molar-refractivity contribution in [2.24, 2.45) is 0 Å². The van der Waals surface area contributed by atoms with Crippen molar-refractivity contribution >= 4 is 28.2 Å². The molecule has 0 bridgehead atoms. The van der Waals surface area contributed by atoms with Gasteiger partial charge in [0.15, 0.2) is 0 Å². The zero-order chi connectivity index (χ0) is 13.8. The van der Waals surface area contributed by atoms with Crippen molar-refractivity contribution in [2.75, 3.05) is 30.8 Å². The summed E-state index contributed by atoms with van der Waals surface area (Å²) in [6, 6.07) is 7.55. The van der Waals surface area contributed by atoms with Gasteiger partial charge in [-0.25, -0.2) is 0 Å². The average Bonchev–Trinajstić information content (AvgIpc) is 2.43. The minimum absolute atomic E-state index is 0.0118. The molecule has 2 aromatic rings. The maximum atomic E-state index is 11.6. The zero-order valence-electron chi connectivity index (χ0n) is 11.2. The maximum absolute atomic E-state index is 11.6. The van der Waals surface area contributed by atoms with Crippen LogP contribution in [0.25, 0.3) is 10.9 Å². The number of carbonyl (C=O) groups excluding carboxylic acids is 1. The molecular weight excluding hydrogens is 240 g/mol. The Bertz CT molecular complexity index is 597. The van der Waals surface area contributed by atoms with Gasteiger partial charge in [0.2, 0.25) is 5.91 Å². The van der Waals surface area contributed by atoms with Gasteiger partial charge >= 0.3 is 0 Å². The molecule has 0 saturated carbocycles. The molecule has 5 nitrogen and oxygen atoms in total. The smallest absolute Gasteiger partial charge is 0.239 e. The van der Waals surface area contributed by atoms with E-state index in [-0.39, 0.29) is 5.91 Å². The summed E-state index contributed by atoms with van der Waals surface area (Å²) in [7, 11) is 1.64. The standard InChI is InChI=1S/C14H18N4O/c1-3-18(9-14(19)16-2)13-6-7-17-12-8-10(15)4-5-11(12)13/h4-8H,3,9,15H2,1-2H3,(H,16,19). The minimum Gasteiger partial charge on any atom is -0.399 e. The number of hydrogen-bond acceptors (Lipinski definition) is 4. The lowest BCUT2D eigenvalue weighted by Gasteiger charge is -2.23. The van der Waals surface area contributed by atoms with Crippen LogP contribution in [0.3, 0.4) is 0 Å². The number of hydrogen-bond donors (Lipinski definition) is 2. The second-order valence-corrected chi connectivity index (χ2v) is 4.29. The van der Waals surface area contributed by atoms with Crippen LogP contribution >= 0.6 is 0 Å². The second-order valence-electron chi connectivity index (χ2n) is 4.29. The first kappa shape index (κ1) is 13.1. The van der Waals surface area contributed by atoms with Gasteiger partial charge in [-0.05, 0) is 31.2 Å². The predicted octanol–water partition coefficient (Wildman–Crippen LogP) is 1.39. The van der Waals surface area contributed by atoms with Gasteiger partial charge in [0.05, 0.1) is 12.1 Å². The number of benzene rings is 1. The number of nitrogens with zero attached hydrogens (tertiary/aromatic N) is 2. The number of fused-ring (bicyclic) bond motifs is 1. The van der Waals surface area contributed by atoms with E-state index >= 15 is 0 Å². The number of carbonyl (C=O) groups is 1. The van der Waals surface area contributed by atoms with Crippen LogP contribution in [0.2, 0.25) is 0 Å². The number of pyridine rings is 1. The van der Waals surface area contributed by atoms with E-state index in [0.717, 1.165) is 23.1 Å². The third-order valence-electron chi connectivity index (χ3n) is 3.08. The van der Waals surface area contributed by atoms with Crippen molar-refractivity contribution < 1.29 is 4.79 Å². The van der Waals surface area contributed by atoms with Crippen LogP contribution in [0.4, 0.5) is 11.4 Å². The van der Waals surface area contributed by atoms with E-state index in [1.54, 1.807) is 13.2 Å². The van der Waals surface area contributed by atoms with E-state index in [1.165, 1.54) is 0 Å². The summed E-state index contributed by atoms with van der Waals surface area (Å²) in [5, 5.41) is 3.64. The van der Waals surface area contributed by atoms with Gasteiger partial charge in [-0.15, -0.1) is 0 Å². The highest BCUT2D eigenvalue weighted by atomic mass is 16.1. The maximum Gasteiger partial charge on any atom is 0.239 e. The van der Waals surface area contributed by atoms with Crippen molar-refractivity contribution in [1.29, 1.82) is 0 Å². The molecule has 1 heterocycles. The van der Waals surface area contributed by atoms with E-state index < -0.39 is 0 Å². The molecule has 2 rings (SSSR count). The number of nitrogens with one attached hydrogen (secondary N) is 1. The summed E-state index contributed by atoms with van der Waals surface area (Å²) in [4.78, 5) is 17.9. The predicted molar refractivity (Wildman–Crippen MR) is 78.1 cm³/mol. The molecule has 0 aliphatic carbocycles. The molecule has 0 fully saturated rings. The lowest BCUT2D eigenvalue weighted by molar-refractivity contribution is -0.119. The SMILES string of the molecule is CCN(CC(=O)NC)c1ccnc2cc(N)ccc12. The number of nitrogens with two attached hydrogens (primary N) is 1. The van der Waals surface area contributed by atoms with Gasteiger partial charge in [-0.2, -0.15) is 0 Å². The van der Waals surface area contributed by atoms with Crippen molar-refractivity contribution in [3.05, 3.63) is 30.5 Å². The second kappa shape index (κ2) is 5.56. The first-order chi connectivity index (χ1) is 9.15. The Hall–Kier alpha value is -2.30. The Morgan fingerprint density at radius 3 is 2.89 bits per heavy atom. The molecule has 1 amide bonds. The van der Waals surface area contributed by atoms with Gasteiger partial charge in [0.25, 0.3) is 0 Å². The fraction of sp³-hybridized carbons (Fsp3) is 0.286. The third-order valence-corrected chi connectivity index (χ3v) is 3.08. The Labute approximate surface area is 112 Å². The van der Waals surface area contributed by atoms with Crippen LogP contribution in [0.5, 0.6) is 0 Å². The molecular formula is C14H18N4O. The molecule has 0 aliphatic heterocycles. The van der Waals surface area contributed by atoms with Gasteiger partial charge in [-0.1, -0.05) is 0 Å². The van der Waals surface area contributed by atoms with Crippen LogP contribution in [-0.4, -0.2) is 31.0 Å². The number of likely N-dealkylation sites (N-methyl/N-ethyl adjacent to an activating group) is 2. The Morgan fingerprint density at radius 1 is 1.42 bits per heavy atom. The highest BCUT2D eigenvalue weighted by Gasteiger charge is 2.12. The highest BCUT2D eigenvalue weighted by Crippen LogP contribution is 2.26. The Balaban J connectivity index is 2.45. The molecule has 0 radical (unpaired) electrons. The van der Waals surface area contributed by atoms with Crippen molar-refractivity contribution in [3.8, 4) is 0 Å². The molecule has 1 aromatic carbocycles. The van der Waals surface area contributed by atoms with Crippen molar-refractivity contribution in [2.45, 2.75) is 6.92 Å². The fourth-order valence-corrected chi connectivity index (χ4v) is 2.05. The Kier molecular flexibility index (Phi) is 3.85. The molecule has 0 atom stereocenters. The lowest BCUT2D eigenvalue weighted by atomic mass is 10.1. The first-order valence-electron chi connectivity index (χ1n) is 6.25. The summed E-state index contributed by atoms with van der Waals surface area (Å²) < 4.78 is 0. The molecule has 3 N–H and O–H groups in total. The number of amides is 1. The molecule has 0 spiro atoms. The van der Waals surface area contributed by atoms with E-state index in [0.29, 0.717) is 12.2 Å². The van der Waals surface area contributed by atoms with Crippen LogP contribution < -0.4 is 16.0 Å². The molecule has 0 saturated heterocycles. The molecule has 1 aromatic heterocycles. The van der Waals surface area contributed by atoms with Gasteiger partial charge in [0, 0.05) is 36.6 Å². The number of rotatable bonds is 4. The molecule has 5 heteroatoms. The highest BCUT2D eigenvalue weighted by molar-refractivity contribution is 5.94. The summed E-state index contributed by atoms with van der Waals surface area (Å²) in [5.74, 6) is -0.0118. The van der Waals surface area contributed by atoms with Crippen molar-refractivity contribution in [1.82, 2.24) is 10.3 Å².